The number of hydrogen-bond acceptors (Lipinski definition) is 6. The number of carbonyl (C=O) groups excluding carboxylic acids is 1. The van der Waals surface area contributed by atoms with Crippen molar-refractivity contribution in [3.8, 4) is 11.5 Å². The highest BCUT2D eigenvalue weighted by atomic mass is 16.7. The number of aromatic nitrogens is 1. The smallest absolute Gasteiger partial charge is 0.356 e. The van der Waals surface area contributed by atoms with Gasteiger partial charge in [0, 0.05) is 24.1 Å². The van der Waals surface area contributed by atoms with E-state index in [-0.39, 0.29) is 12.5 Å². The summed E-state index contributed by atoms with van der Waals surface area (Å²) in [7, 11) is 4.42. The predicted octanol–water partition coefficient (Wildman–Crippen LogP) is 2.32. The summed E-state index contributed by atoms with van der Waals surface area (Å²) in [5, 5.41) is 0.776. The van der Waals surface area contributed by atoms with E-state index in [9.17, 15) is 4.79 Å². The van der Waals surface area contributed by atoms with Gasteiger partial charge in [-0.15, -0.1) is 0 Å². The monoisotopic (exact) mass is 291 g/mol. The van der Waals surface area contributed by atoms with Crippen molar-refractivity contribution >= 4 is 16.9 Å². The Balaban J connectivity index is 2.68. The number of aryl methyl sites for hydroxylation is 1. The molecule has 21 heavy (non-hydrogen) atoms. The second kappa shape index (κ2) is 6.41. The van der Waals surface area contributed by atoms with Gasteiger partial charge in [-0.2, -0.15) is 0 Å². The van der Waals surface area contributed by atoms with Crippen molar-refractivity contribution in [1.29, 1.82) is 0 Å². The maximum Gasteiger partial charge on any atom is 0.356 e. The van der Waals surface area contributed by atoms with E-state index < -0.39 is 5.97 Å². The topological polar surface area (TPSA) is 66.9 Å². The van der Waals surface area contributed by atoms with Crippen LogP contribution < -0.4 is 9.47 Å². The summed E-state index contributed by atoms with van der Waals surface area (Å²) in [5.74, 6) is 0.670. The second-order valence-electron chi connectivity index (χ2n) is 4.34. The van der Waals surface area contributed by atoms with Crippen LogP contribution in [0.15, 0.2) is 18.2 Å². The molecule has 0 radical (unpaired) electrons. The van der Waals surface area contributed by atoms with Crippen molar-refractivity contribution in [2.24, 2.45) is 0 Å². The lowest BCUT2D eigenvalue weighted by atomic mass is 10.1. The van der Waals surface area contributed by atoms with E-state index in [1.165, 1.54) is 14.2 Å². The molecule has 0 saturated carbocycles. The van der Waals surface area contributed by atoms with Gasteiger partial charge in [0.25, 0.3) is 0 Å². The summed E-state index contributed by atoms with van der Waals surface area (Å²) in [5.41, 5.74) is 1.62. The van der Waals surface area contributed by atoms with Crippen molar-refractivity contribution in [2.45, 2.75) is 6.92 Å². The summed E-state index contributed by atoms with van der Waals surface area (Å²) < 4.78 is 20.4. The van der Waals surface area contributed by atoms with Crippen LogP contribution in [0, 0.1) is 6.92 Å². The van der Waals surface area contributed by atoms with Crippen molar-refractivity contribution in [3.63, 3.8) is 0 Å². The third-order valence-corrected chi connectivity index (χ3v) is 3.09. The molecule has 0 N–H and O–H groups in total. The van der Waals surface area contributed by atoms with Crippen molar-refractivity contribution in [2.75, 3.05) is 28.1 Å². The van der Waals surface area contributed by atoms with Gasteiger partial charge in [-0.05, 0) is 19.1 Å². The van der Waals surface area contributed by atoms with Gasteiger partial charge < -0.3 is 18.9 Å². The van der Waals surface area contributed by atoms with Crippen LogP contribution in [0.4, 0.5) is 0 Å². The fourth-order valence-corrected chi connectivity index (χ4v) is 2.05. The summed E-state index contributed by atoms with van der Waals surface area (Å²) in [6, 6.07) is 5.20. The predicted molar refractivity (Wildman–Crippen MR) is 76.9 cm³/mol. The number of esters is 1. The van der Waals surface area contributed by atoms with E-state index in [0.717, 1.165) is 10.9 Å². The molecule has 1 aromatic heterocycles. The molecular formula is C15H17NO5. The van der Waals surface area contributed by atoms with Crippen LogP contribution in [-0.2, 0) is 9.47 Å². The highest BCUT2D eigenvalue weighted by Crippen LogP contribution is 2.32. The van der Waals surface area contributed by atoms with Crippen molar-refractivity contribution in [1.82, 2.24) is 4.98 Å². The summed E-state index contributed by atoms with van der Waals surface area (Å²) in [6.07, 6.45) is 0. The largest absolute Gasteiger partial charge is 0.496 e. The van der Waals surface area contributed by atoms with E-state index >= 15 is 0 Å². The van der Waals surface area contributed by atoms with Gasteiger partial charge in [0.2, 0.25) is 0 Å². The molecular weight excluding hydrogens is 274 g/mol. The molecule has 6 heteroatoms. The van der Waals surface area contributed by atoms with Crippen LogP contribution >= 0.6 is 0 Å². The summed E-state index contributed by atoms with van der Waals surface area (Å²) in [4.78, 5) is 16.1. The lowest BCUT2D eigenvalue weighted by Crippen LogP contribution is -2.07. The average Bonchev–Trinajstić information content (AvgIpc) is 2.52. The molecule has 0 fully saturated rings. The molecule has 2 rings (SSSR count). The first kappa shape index (κ1) is 15.1. The molecule has 0 amide bonds. The molecule has 1 aromatic carbocycles. The van der Waals surface area contributed by atoms with E-state index in [2.05, 4.69) is 4.98 Å². The third-order valence-electron chi connectivity index (χ3n) is 3.09. The molecule has 0 unspecified atom stereocenters. The zero-order valence-corrected chi connectivity index (χ0v) is 12.4. The Labute approximate surface area is 122 Å². The van der Waals surface area contributed by atoms with Crippen LogP contribution in [0.1, 0.15) is 16.1 Å². The molecule has 2 aromatic rings. The highest BCUT2D eigenvalue weighted by molar-refractivity contribution is 5.95. The fraction of sp³-hybridized carbons (Fsp3) is 0.333. The molecule has 0 aliphatic heterocycles. The molecule has 0 bridgehead atoms. The van der Waals surface area contributed by atoms with Crippen LogP contribution in [0.3, 0.4) is 0 Å². The number of rotatable bonds is 5. The van der Waals surface area contributed by atoms with Crippen LogP contribution in [-0.4, -0.2) is 39.1 Å². The number of methoxy groups -OCH3 is 3. The average molecular weight is 291 g/mol. The second-order valence-corrected chi connectivity index (χ2v) is 4.34. The number of carbonyl (C=O) groups is 1. The van der Waals surface area contributed by atoms with Crippen molar-refractivity contribution in [3.05, 3.63) is 29.5 Å². The summed E-state index contributed by atoms with van der Waals surface area (Å²) in [6.45, 7) is 1.94. The van der Waals surface area contributed by atoms with E-state index in [0.29, 0.717) is 17.0 Å². The zero-order valence-electron chi connectivity index (χ0n) is 12.4. The van der Waals surface area contributed by atoms with Crippen LogP contribution in [0.25, 0.3) is 10.9 Å². The third kappa shape index (κ3) is 2.90. The Bertz CT molecular complexity index is 669. The lowest BCUT2D eigenvalue weighted by Gasteiger charge is -2.13. The normalized spacial score (nSPS) is 10.5. The van der Waals surface area contributed by atoms with E-state index in [1.54, 1.807) is 13.2 Å². The first-order valence-corrected chi connectivity index (χ1v) is 6.30. The Morgan fingerprint density at radius 3 is 2.57 bits per heavy atom. The Morgan fingerprint density at radius 1 is 1.19 bits per heavy atom. The number of benzene rings is 1. The first-order chi connectivity index (χ1) is 10.1. The Morgan fingerprint density at radius 2 is 1.95 bits per heavy atom. The maximum absolute atomic E-state index is 11.7. The minimum absolute atomic E-state index is 0.0742. The molecule has 1 heterocycles. The van der Waals surface area contributed by atoms with Crippen molar-refractivity contribution < 1.29 is 23.7 Å². The number of ether oxygens (including phenoxy) is 4. The number of fused-ring (bicyclic) bond motifs is 1. The molecule has 6 nitrogen and oxygen atoms in total. The maximum atomic E-state index is 11.7. The van der Waals surface area contributed by atoms with Crippen LogP contribution in [0.5, 0.6) is 11.5 Å². The quantitative estimate of drug-likeness (QED) is 0.622. The number of nitrogens with zero attached hydrogens (tertiary/aromatic N) is 1. The van der Waals surface area contributed by atoms with Gasteiger partial charge in [0.1, 0.15) is 11.5 Å². The SMILES string of the molecule is COCOc1cc(C(=O)OC)nc2c(C)c(OC)ccc12. The van der Waals surface area contributed by atoms with Gasteiger partial charge in [-0.1, -0.05) is 0 Å². The number of pyridine rings is 1. The minimum atomic E-state index is -0.526. The fourth-order valence-electron chi connectivity index (χ4n) is 2.05. The van der Waals surface area contributed by atoms with Gasteiger partial charge in [0.15, 0.2) is 12.5 Å². The molecule has 0 aliphatic rings. The minimum Gasteiger partial charge on any atom is -0.496 e. The van der Waals surface area contributed by atoms with Gasteiger partial charge in [0.05, 0.1) is 19.7 Å². The standard InChI is InChI=1S/C15H17NO5/c1-9-12(19-3)6-5-10-13(21-8-18-2)7-11(15(17)20-4)16-14(9)10/h5-7H,8H2,1-4H3. The molecule has 112 valence electrons. The molecule has 0 aliphatic carbocycles. The van der Waals surface area contributed by atoms with Crippen LogP contribution in [0.2, 0.25) is 0 Å². The van der Waals surface area contributed by atoms with E-state index in [4.69, 9.17) is 18.9 Å². The molecule has 0 atom stereocenters. The first-order valence-electron chi connectivity index (χ1n) is 6.30. The summed E-state index contributed by atoms with van der Waals surface area (Å²) >= 11 is 0. The van der Waals surface area contributed by atoms with E-state index in [1.807, 2.05) is 19.1 Å². The molecule has 0 spiro atoms. The van der Waals surface area contributed by atoms with Gasteiger partial charge in [-0.3, -0.25) is 0 Å². The lowest BCUT2D eigenvalue weighted by molar-refractivity contribution is 0.0512. The van der Waals surface area contributed by atoms with Gasteiger partial charge in [-0.25, -0.2) is 9.78 Å². The molecule has 0 saturated heterocycles. The van der Waals surface area contributed by atoms with Gasteiger partial charge >= 0.3 is 5.97 Å². The highest BCUT2D eigenvalue weighted by Gasteiger charge is 2.16. The Kier molecular flexibility index (Phi) is 4.59. The number of hydrogen-bond donors (Lipinski definition) is 0. The zero-order chi connectivity index (χ0) is 15.4. The Hall–Kier alpha value is -2.34.